The van der Waals surface area contributed by atoms with Crippen LogP contribution in [0.25, 0.3) is 11.3 Å². The second kappa shape index (κ2) is 5.92. The van der Waals surface area contributed by atoms with Crippen LogP contribution in [0.2, 0.25) is 0 Å². The van der Waals surface area contributed by atoms with E-state index in [9.17, 15) is 14.6 Å². The number of aliphatic hydroxyl groups is 2. The minimum Gasteiger partial charge on any atom is -0.389 e. The fourth-order valence-electron chi connectivity index (χ4n) is 1.90. The summed E-state index contributed by atoms with van der Waals surface area (Å²) in [5.74, 6) is -0.333. The summed E-state index contributed by atoms with van der Waals surface area (Å²) in [5, 5.41) is 29.3. The lowest BCUT2D eigenvalue weighted by Crippen LogP contribution is -2.29. The van der Waals surface area contributed by atoms with E-state index in [1.807, 2.05) is 0 Å². The summed E-state index contributed by atoms with van der Waals surface area (Å²) in [4.78, 5) is 0. The third-order valence-corrected chi connectivity index (χ3v) is 2.90. The zero-order valence-electron chi connectivity index (χ0n) is 10.5. The van der Waals surface area contributed by atoms with E-state index >= 15 is 0 Å². The average Bonchev–Trinajstić information content (AvgIpc) is 2.88. The lowest BCUT2D eigenvalue weighted by Gasteiger charge is -2.17. The predicted octanol–water partition coefficient (Wildman–Crippen LogP) is 0.830. The van der Waals surface area contributed by atoms with Gasteiger partial charge >= 0.3 is 0 Å². The van der Waals surface area contributed by atoms with Gasteiger partial charge in [-0.2, -0.15) is 5.10 Å². The highest BCUT2D eigenvalue weighted by molar-refractivity contribution is 5.63. The zero-order chi connectivity index (χ0) is 13.8. The number of H-pyrrole nitrogens is 1. The number of nitrogens with zero attached hydrogens (tertiary/aromatic N) is 1. The van der Waals surface area contributed by atoms with Gasteiger partial charge in [-0.25, -0.2) is 4.39 Å². The number of rotatable bonds is 5. The molecular formula is C13H16FN3O2. The van der Waals surface area contributed by atoms with E-state index in [4.69, 9.17) is 0 Å². The Balaban J connectivity index is 2.29. The summed E-state index contributed by atoms with van der Waals surface area (Å²) in [6, 6.07) is 5.83. The molecule has 2 unspecified atom stereocenters. The number of aliphatic hydroxyl groups excluding tert-OH is 2. The molecule has 0 amide bonds. The number of halogens is 1. The van der Waals surface area contributed by atoms with Crippen LogP contribution in [0.15, 0.2) is 30.5 Å². The molecule has 0 spiro atoms. The molecule has 2 rings (SSSR count). The van der Waals surface area contributed by atoms with Gasteiger partial charge in [-0.1, -0.05) is 0 Å². The summed E-state index contributed by atoms with van der Waals surface area (Å²) in [6.45, 7) is 0.259. The van der Waals surface area contributed by atoms with Gasteiger partial charge in [-0.05, 0) is 31.3 Å². The van der Waals surface area contributed by atoms with Crippen molar-refractivity contribution in [3.05, 3.63) is 41.8 Å². The molecule has 1 aromatic carbocycles. The van der Waals surface area contributed by atoms with Gasteiger partial charge in [0, 0.05) is 17.7 Å². The number of hydrogen-bond acceptors (Lipinski definition) is 4. The van der Waals surface area contributed by atoms with Crippen molar-refractivity contribution in [1.29, 1.82) is 0 Å². The van der Waals surface area contributed by atoms with Crippen molar-refractivity contribution >= 4 is 0 Å². The first-order valence-electron chi connectivity index (χ1n) is 5.93. The molecule has 0 saturated carbocycles. The van der Waals surface area contributed by atoms with E-state index < -0.39 is 12.2 Å². The molecule has 0 fully saturated rings. The quantitative estimate of drug-likeness (QED) is 0.645. The first-order valence-corrected chi connectivity index (χ1v) is 5.93. The summed E-state index contributed by atoms with van der Waals surface area (Å²) in [5.41, 5.74) is 1.75. The topological polar surface area (TPSA) is 81.2 Å². The first-order chi connectivity index (χ1) is 9.13. The zero-order valence-corrected chi connectivity index (χ0v) is 10.5. The minimum atomic E-state index is -1.06. The van der Waals surface area contributed by atoms with Crippen LogP contribution in [0.3, 0.4) is 0 Å². The molecule has 4 N–H and O–H groups in total. The van der Waals surface area contributed by atoms with Crippen LogP contribution in [-0.2, 0) is 0 Å². The minimum absolute atomic E-state index is 0.259. The maximum atomic E-state index is 12.9. The molecule has 0 aliphatic rings. The Labute approximate surface area is 110 Å². The van der Waals surface area contributed by atoms with E-state index in [0.29, 0.717) is 16.8 Å². The molecule has 6 heteroatoms. The normalized spacial score (nSPS) is 14.3. The summed E-state index contributed by atoms with van der Waals surface area (Å²) in [6.07, 6.45) is -0.546. The molecule has 2 atom stereocenters. The number of likely N-dealkylation sites (N-methyl/N-ethyl adjacent to an activating group) is 1. The van der Waals surface area contributed by atoms with Gasteiger partial charge in [0.05, 0.1) is 18.0 Å². The Morgan fingerprint density at radius 1 is 1.32 bits per heavy atom. The number of aromatic amines is 1. The van der Waals surface area contributed by atoms with E-state index in [0.717, 1.165) is 0 Å². The van der Waals surface area contributed by atoms with Crippen LogP contribution >= 0.6 is 0 Å². The fourth-order valence-corrected chi connectivity index (χ4v) is 1.90. The van der Waals surface area contributed by atoms with E-state index in [1.165, 1.54) is 18.3 Å². The number of benzene rings is 1. The number of aromatic nitrogens is 2. The highest BCUT2D eigenvalue weighted by Gasteiger charge is 2.22. The van der Waals surface area contributed by atoms with Crippen molar-refractivity contribution < 1.29 is 14.6 Å². The monoisotopic (exact) mass is 265 g/mol. The molecular weight excluding hydrogens is 249 g/mol. The second-order valence-corrected chi connectivity index (χ2v) is 4.28. The highest BCUT2D eigenvalue weighted by atomic mass is 19.1. The van der Waals surface area contributed by atoms with E-state index in [1.54, 1.807) is 19.2 Å². The summed E-state index contributed by atoms with van der Waals surface area (Å²) in [7, 11) is 1.69. The van der Waals surface area contributed by atoms with Crippen molar-refractivity contribution in [1.82, 2.24) is 15.5 Å². The first kappa shape index (κ1) is 13.7. The van der Waals surface area contributed by atoms with Crippen molar-refractivity contribution in [2.75, 3.05) is 13.6 Å². The molecule has 0 bridgehead atoms. The van der Waals surface area contributed by atoms with Gasteiger partial charge in [-0.15, -0.1) is 0 Å². The maximum absolute atomic E-state index is 12.9. The Hall–Kier alpha value is -1.76. The van der Waals surface area contributed by atoms with Gasteiger partial charge in [0.2, 0.25) is 0 Å². The molecule has 102 valence electrons. The maximum Gasteiger partial charge on any atom is 0.123 e. The van der Waals surface area contributed by atoms with Gasteiger partial charge in [0.25, 0.3) is 0 Å². The van der Waals surface area contributed by atoms with Gasteiger partial charge in [0.1, 0.15) is 11.9 Å². The molecule has 2 aromatic rings. The molecule has 0 aliphatic heterocycles. The van der Waals surface area contributed by atoms with E-state index in [2.05, 4.69) is 15.5 Å². The van der Waals surface area contributed by atoms with Gasteiger partial charge < -0.3 is 15.5 Å². The van der Waals surface area contributed by atoms with Crippen LogP contribution in [0.4, 0.5) is 4.39 Å². The molecule has 5 nitrogen and oxygen atoms in total. The van der Waals surface area contributed by atoms with Crippen LogP contribution in [0.1, 0.15) is 11.7 Å². The highest BCUT2D eigenvalue weighted by Crippen LogP contribution is 2.27. The Morgan fingerprint density at radius 3 is 2.63 bits per heavy atom. The SMILES string of the molecule is CNCC(O)C(O)c1cn[nH]c1-c1ccc(F)cc1. The number of hydrogen-bond donors (Lipinski definition) is 4. The second-order valence-electron chi connectivity index (χ2n) is 4.28. The molecule has 0 radical (unpaired) electrons. The van der Waals surface area contributed by atoms with Gasteiger partial charge in [-0.3, -0.25) is 5.10 Å². The molecule has 19 heavy (non-hydrogen) atoms. The van der Waals surface area contributed by atoms with Crippen molar-refractivity contribution in [2.45, 2.75) is 12.2 Å². The molecule has 1 aromatic heterocycles. The summed E-state index contributed by atoms with van der Waals surface area (Å²) < 4.78 is 12.9. The molecule has 0 aliphatic carbocycles. The average molecular weight is 265 g/mol. The Kier molecular flexibility index (Phi) is 4.26. The standard InChI is InChI=1S/C13H16FN3O2/c1-15-7-11(18)13(19)10-6-16-17-12(10)8-2-4-9(14)5-3-8/h2-6,11,13,15,18-19H,7H2,1H3,(H,16,17). The number of nitrogens with one attached hydrogen (secondary N) is 2. The van der Waals surface area contributed by atoms with Crippen LogP contribution in [-0.4, -0.2) is 40.1 Å². The summed E-state index contributed by atoms with van der Waals surface area (Å²) >= 11 is 0. The third-order valence-electron chi connectivity index (χ3n) is 2.90. The Bertz CT molecular complexity index is 527. The third kappa shape index (κ3) is 2.98. The van der Waals surface area contributed by atoms with E-state index in [-0.39, 0.29) is 12.4 Å². The smallest absolute Gasteiger partial charge is 0.123 e. The van der Waals surface area contributed by atoms with Crippen molar-refractivity contribution in [2.24, 2.45) is 0 Å². The predicted molar refractivity (Wildman–Crippen MR) is 68.9 cm³/mol. The lowest BCUT2D eigenvalue weighted by molar-refractivity contribution is 0.0206. The van der Waals surface area contributed by atoms with Crippen molar-refractivity contribution in [3.63, 3.8) is 0 Å². The van der Waals surface area contributed by atoms with Crippen LogP contribution < -0.4 is 5.32 Å². The van der Waals surface area contributed by atoms with Gasteiger partial charge in [0.15, 0.2) is 0 Å². The lowest BCUT2D eigenvalue weighted by atomic mass is 10.0. The van der Waals surface area contributed by atoms with Crippen LogP contribution in [0, 0.1) is 5.82 Å². The van der Waals surface area contributed by atoms with Crippen molar-refractivity contribution in [3.8, 4) is 11.3 Å². The molecule has 0 saturated heterocycles. The fraction of sp³-hybridized carbons (Fsp3) is 0.308. The van der Waals surface area contributed by atoms with Crippen LogP contribution in [0.5, 0.6) is 0 Å². The Morgan fingerprint density at radius 2 is 2.00 bits per heavy atom. The molecule has 1 heterocycles. The largest absolute Gasteiger partial charge is 0.389 e.